The molecule has 2 aromatic carbocycles. The number of nitriles is 1. The Labute approximate surface area is 195 Å². The van der Waals surface area contributed by atoms with Crippen LogP contribution in [0, 0.1) is 11.3 Å². The first-order valence-corrected chi connectivity index (χ1v) is 11.4. The molecule has 2 heterocycles. The number of ether oxygens (including phenoxy) is 1. The number of carbonyl (C=O) groups excluding carboxylic acids is 1. The highest BCUT2D eigenvalue weighted by Gasteiger charge is 2.31. The van der Waals surface area contributed by atoms with Crippen molar-refractivity contribution in [3.8, 4) is 6.07 Å². The summed E-state index contributed by atoms with van der Waals surface area (Å²) >= 11 is 0. The third-order valence-electron chi connectivity index (χ3n) is 5.97. The number of carbonyl (C=O) groups is 1. The number of imidazole rings is 1. The van der Waals surface area contributed by atoms with Crippen LogP contribution in [-0.2, 0) is 11.3 Å². The average molecular weight is 446 g/mol. The number of likely N-dealkylation sites (N-methyl/N-ethyl adjacent to an activating group) is 1. The van der Waals surface area contributed by atoms with E-state index in [1.165, 1.54) is 0 Å². The minimum Gasteiger partial charge on any atom is -0.444 e. The van der Waals surface area contributed by atoms with Gasteiger partial charge in [-0.25, -0.2) is 9.78 Å². The van der Waals surface area contributed by atoms with E-state index in [0.29, 0.717) is 18.7 Å². The van der Waals surface area contributed by atoms with Gasteiger partial charge in [-0.3, -0.25) is 0 Å². The number of anilines is 1. The number of aromatic nitrogens is 2. The third-order valence-corrected chi connectivity index (χ3v) is 5.97. The maximum absolute atomic E-state index is 12.6. The number of amides is 1. The van der Waals surface area contributed by atoms with E-state index < -0.39 is 5.60 Å². The molecule has 7 heteroatoms. The van der Waals surface area contributed by atoms with Crippen molar-refractivity contribution < 1.29 is 9.53 Å². The Bertz CT molecular complexity index is 1170. The molecule has 33 heavy (non-hydrogen) atoms. The van der Waals surface area contributed by atoms with Gasteiger partial charge in [-0.05, 0) is 63.4 Å². The first-order chi connectivity index (χ1) is 15.7. The molecule has 1 unspecified atom stereocenters. The maximum Gasteiger partial charge on any atom is 0.410 e. The van der Waals surface area contributed by atoms with E-state index in [4.69, 9.17) is 15.0 Å². The number of nitrogens with zero attached hydrogens (tertiary/aromatic N) is 5. The topological polar surface area (TPSA) is 74.4 Å². The van der Waals surface area contributed by atoms with Gasteiger partial charge in [0.05, 0.1) is 35.3 Å². The number of piperidine rings is 1. The first kappa shape index (κ1) is 22.7. The lowest BCUT2D eigenvalue weighted by atomic mass is 10.1. The zero-order valence-corrected chi connectivity index (χ0v) is 19.8. The largest absolute Gasteiger partial charge is 0.444 e. The Morgan fingerprint density at radius 1 is 1.21 bits per heavy atom. The molecule has 0 saturated carbocycles. The van der Waals surface area contributed by atoms with Crippen LogP contribution < -0.4 is 4.90 Å². The van der Waals surface area contributed by atoms with Crippen molar-refractivity contribution in [1.82, 2.24) is 14.5 Å². The highest BCUT2D eigenvalue weighted by molar-refractivity contribution is 5.79. The van der Waals surface area contributed by atoms with Gasteiger partial charge < -0.3 is 19.1 Å². The van der Waals surface area contributed by atoms with Crippen molar-refractivity contribution >= 4 is 23.1 Å². The second kappa shape index (κ2) is 9.14. The fourth-order valence-electron chi connectivity index (χ4n) is 4.26. The standard InChI is InChI=1S/C26H31N5O2/c1-26(2,3)33-25(32)29(4)21-8-7-15-30(18-21)24-28-22-9-5-6-10-23(22)31(24)17-20-13-11-19(16-27)12-14-20/h5-6,9-14,21H,7-8,15,17-18H2,1-4H3. The van der Waals surface area contributed by atoms with Crippen LogP contribution in [0.1, 0.15) is 44.7 Å². The Morgan fingerprint density at radius 3 is 2.64 bits per heavy atom. The summed E-state index contributed by atoms with van der Waals surface area (Å²) in [5.41, 5.74) is 3.26. The van der Waals surface area contributed by atoms with Crippen LogP contribution in [0.2, 0.25) is 0 Å². The van der Waals surface area contributed by atoms with E-state index in [0.717, 1.165) is 41.9 Å². The van der Waals surface area contributed by atoms with Crippen molar-refractivity contribution in [2.75, 3.05) is 25.0 Å². The molecule has 7 nitrogen and oxygen atoms in total. The second-order valence-electron chi connectivity index (χ2n) is 9.63. The first-order valence-electron chi connectivity index (χ1n) is 11.4. The van der Waals surface area contributed by atoms with Crippen molar-refractivity contribution in [1.29, 1.82) is 5.26 Å². The van der Waals surface area contributed by atoms with Crippen molar-refractivity contribution in [3.63, 3.8) is 0 Å². The zero-order valence-electron chi connectivity index (χ0n) is 19.8. The monoisotopic (exact) mass is 445 g/mol. The molecular formula is C26H31N5O2. The molecule has 1 aliphatic heterocycles. The summed E-state index contributed by atoms with van der Waals surface area (Å²) in [6.07, 6.45) is 1.61. The van der Waals surface area contributed by atoms with Crippen molar-refractivity contribution in [3.05, 3.63) is 59.7 Å². The predicted molar refractivity (Wildman–Crippen MR) is 129 cm³/mol. The van der Waals surface area contributed by atoms with E-state index in [2.05, 4.69) is 21.6 Å². The molecule has 1 aromatic heterocycles. The molecular weight excluding hydrogens is 414 g/mol. The van der Waals surface area contributed by atoms with E-state index in [9.17, 15) is 4.79 Å². The van der Waals surface area contributed by atoms with Gasteiger partial charge in [-0.15, -0.1) is 0 Å². The fraction of sp³-hybridized carbons (Fsp3) is 0.423. The second-order valence-corrected chi connectivity index (χ2v) is 9.63. The van der Waals surface area contributed by atoms with Gasteiger partial charge in [0.25, 0.3) is 0 Å². The van der Waals surface area contributed by atoms with Crippen LogP contribution in [0.3, 0.4) is 0 Å². The SMILES string of the molecule is CN(C(=O)OC(C)(C)C)C1CCCN(c2nc3ccccc3n2Cc2ccc(C#N)cc2)C1. The molecule has 0 aliphatic carbocycles. The third kappa shape index (κ3) is 5.11. The summed E-state index contributed by atoms with van der Waals surface area (Å²) in [4.78, 5) is 21.6. The van der Waals surface area contributed by atoms with Gasteiger partial charge in [-0.2, -0.15) is 5.26 Å². The molecule has 172 valence electrons. The maximum atomic E-state index is 12.6. The van der Waals surface area contributed by atoms with Gasteiger partial charge in [0.15, 0.2) is 0 Å². The number of fused-ring (bicyclic) bond motifs is 1. The smallest absolute Gasteiger partial charge is 0.410 e. The number of rotatable bonds is 4. The number of para-hydroxylation sites is 2. The van der Waals surface area contributed by atoms with Gasteiger partial charge in [0, 0.05) is 20.1 Å². The van der Waals surface area contributed by atoms with Crippen molar-refractivity contribution in [2.24, 2.45) is 0 Å². The van der Waals surface area contributed by atoms with Gasteiger partial charge in [0.1, 0.15) is 5.60 Å². The summed E-state index contributed by atoms with van der Waals surface area (Å²) in [6.45, 7) is 7.90. The molecule has 0 N–H and O–H groups in total. The van der Waals surface area contributed by atoms with E-state index in [-0.39, 0.29) is 12.1 Å². The van der Waals surface area contributed by atoms with Gasteiger partial charge >= 0.3 is 6.09 Å². The van der Waals surface area contributed by atoms with E-state index in [1.54, 1.807) is 4.90 Å². The predicted octanol–water partition coefficient (Wildman–Crippen LogP) is 4.79. The molecule has 1 atom stereocenters. The molecule has 1 amide bonds. The molecule has 1 fully saturated rings. The van der Waals surface area contributed by atoms with Crippen LogP contribution >= 0.6 is 0 Å². The molecule has 0 spiro atoms. The Kier molecular flexibility index (Phi) is 6.28. The molecule has 0 radical (unpaired) electrons. The summed E-state index contributed by atoms with van der Waals surface area (Å²) in [6, 6.07) is 18.1. The summed E-state index contributed by atoms with van der Waals surface area (Å²) in [5, 5.41) is 9.10. The highest BCUT2D eigenvalue weighted by atomic mass is 16.6. The normalized spacial score (nSPS) is 16.5. The van der Waals surface area contributed by atoms with Crippen LogP contribution in [0.25, 0.3) is 11.0 Å². The van der Waals surface area contributed by atoms with Gasteiger partial charge in [-0.1, -0.05) is 24.3 Å². The Balaban J connectivity index is 1.61. The average Bonchev–Trinajstić information content (AvgIpc) is 3.16. The van der Waals surface area contributed by atoms with Crippen LogP contribution in [-0.4, -0.2) is 52.3 Å². The summed E-state index contributed by atoms with van der Waals surface area (Å²) in [5.74, 6) is 0.905. The summed E-state index contributed by atoms with van der Waals surface area (Å²) < 4.78 is 7.82. The molecule has 4 rings (SSSR count). The minimum absolute atomic E-state index is 0.0526. The molecule has 1 saturated heterocycles. The van der Waals surface area contributed by atoms with Crippen LogP contribution in [0.5, 0.6) is 0 Å². The number of hydrogen-bond donors (Lipinski definition) is 0. The number of benzene rings is 2. The lowest BCUT2D eigenvalue weighted by molar-refractivity contribution is 0.0209. The Hall–Kier alpha value is -3.53. The molecule has 3 aromatic rings. The highest BCUT2D eigenvalue weighted by Crippen LogP contribution is 2.28. The minimum atomic E-state index is -0.519. The molecule has 0 bridgehead atoms. The lowest BCUT2D eigenvalue weighted by Crippen LogP contribution is -2.50. The van der Waals surface area contributed by atoms with Crippen LogP contribution in [0.15, 0.2) is 48.5 Å². The van der Waals surface area contributed by atoms with Gasteiger partial charge in [0.2, 0.25) is 5.95 Å². The fourth-order valence-corrected chi connectivity index (χ4v) is 4.26. The van der Waals surface area contributed by atoms with E-state index in [1.807, 2.05) is 70.3 Å². The Morgan fingerprint density at radius 2 is 1.94 bits per heavy atom. The zero-order chi connectivity index (χ0) is 23.6. The van der Waals surface area contributed by atoms with E-state index >= 15 is 0 Å². The quantitative estimate of drug-likeness (QED) is 0.577. The van der Waals surface area contributed by atoms with Crippen molar-refractivity contribution in [2.45, 2.75) is 51.8 Å². The lowest BCUT2D eigenvalue weighted by Gasteiger charge is -2.38. The summed E-state index contributed by atoms with van der Waals surface area (Å²) in [7, 11) is 1.82. The van der Waals surface area contributed by atoms with Crippen LogP contribution in [0.4, 0.5) is 10.7 Å². The molecule has 1 aliphatic rings. The number of hydrogen-bond acceptors (Lipinski definition) is 5.